The van der Waals surface area contributed by atoms with Gasteiger partial charge in [0.25, 0.3) is 0 Å². The van der Waals surface area contributed by atoms with Crippen LogP contribution in [0, 0.1) is 5.41 Å². The molecule has 0 aliphatic rings. The summed E-state index contributed by atoms with van der Waals surface area (Å²) in [4.78, 5) is 22.0. The van der Waals surface area contributed by atoms with Gasteiger partial charge in [-0.25, -0.2) is 4.79 Å². The molecule has 98 valence electrons. The molecule has 18 heavy (non-hydrogen) atoms. The smallest absolute Gasteiger partial charge is 0.337 e. The van der Waals surface area contributed by atoms with Gasteiger partial charge in [-0.1, -0.05) is 0 Å². The molecule has 0 aromatic heterocycles. The van der Waals surface area contributed by atoms with Crippen molar-refractivity contribution in [2.24, 2.45) is 11.1 Å². The summed E-state index contributed by atoms with van der Waals surface area (Å²) in [5.74, 6) is -1.52. The highest BCUT2D eigenvalue weighted by Gasteiger charge is 2.24. The van der Waals surface area contributed by atoms with Gasteiger partial charge in [0.1, 0.15) is 0 Å². The van der Waals surface area contributed by atoms with E-state index in [0.29, 0.717) is 12.2 Å². The number of carbonyl (C=O) groups excluding carboxylic acids is 1. The highest BCUT2D eigenvalue weighted by Crippen LogP contribution is 2.20. The van der Waals surface area contributed by atoms with Gasteiger partial charge in [0.15, 0.2) is 0 Å². The number of anilines is 2. The Labute approximate surface area is 105 Å². The summed E-state index contributed by atoms with van der Waals surface area (Å²) in [5, 5.41) is 11.9. The Morgan fingerprint density at radius 2 is 2.00 bits per heavy atom. The van der Waals surface area contributed by atoms with Crippen LogP contribution in [0.2, 0.25) is 0 Å². The maximum atomic E-state index is 11.1. The van der Waals surface area contributed by atoms with Gasteiger partial charge in [-0.05, 0) is 32.0 Å². The average molecular weight is 251 g/mol. The lowest BCUT2D eigenvalue weighted by Gasteiger charge is -2.21. The predicted octanol–water partition coefficient (Wildman–Crippen LogP) is 0.890. The normalized spacial score (nSPS) is 11.0. The zero-order valence-corrected chi connectivity index (χ0v) is 10.4. The minimum absolute atomic E-state index is 0.0249. The minimum Gasteiger partial charge on any atom is -0.478 e. The molecule has 0 bridgehead atoms. The Bertz CT molecular complexity index is 483. The molecule has 6 nitrogen and oxygen atoms in total. The molecule has 0 radical (unpaired) electrons. The Balaban J connectivity index is 2.84. The number of nitrogens with one attached hydrogen (secondary N) is 1. The third-order valence-corrected chi connectivity index (χ3v) is 2.69. The van der Waals surface area contributed by atoms with Crippen LogP contribution >= 0.6 is 0 Å². The number of hydrogen-bond donors (Lipinski definition) is 4. The molecule has 1 aromatic rings. The fourth-order valence-corrected chi connectivity index (χ4v) is 1.26. The number of carbonyl (C=O) groups is 2. The van der Waals surface area contributed by atoms with Gasteiger partial charge in [-0.2, -0.15) is 0 Å². The van der Waals surface area contributed by atoms with Crippen LogP contribution in [-0.2, 0) is 4.79 Å². The lowest BCUT2D eigenvalue weighted by molar-refractivity contribution is -0.125. The lowest BCUT2D eigenvalue weighted by atomic mass is 9.92. The van der Waals surface area contributed by atoms with Crippen LogP contribution in [0.15, 0.2) is 18.2 Å². The number of nitrogens with two attached hydrogens (primary N) is 2. The fourth-order valence-electron chi connectivity index (χ4n) is 1.26. The van der Waals surface area contributed by atoms with Crippen molar-refractivity contribution in [3.8, 4) is 0 Å². The molecule has 1 aromatic carbocycles. The second-order valence-corrected chi connectivity index (χ2v) is 4.71. The van der Waals surface area contributed by atoms with Crippen molar-refractivity contribution >= 4 is 23.3 Å². The molecule has 0 saturated carbocycles. The standard InChI is InChI=1S/C12H17N3O3/c1-12(2,11(14)18)6-15-7-3-4-9(13)8(5-7)10(16)17/h3-5,15H,6,13H2,1-2H3,(H2,14,18)(H,16,17). The van der Waals surface area contributed by atoms with Crippen LogP contribution in [0.3, 0.4) is 0 Å². The molecule has 1 amide bonds. The van der Waals surface area contributed by atoms with Crippen molar-refractivity contribution in [3.63, 3.8) is 0 Å². The third-order valence-electron chi connectivity index (χ3n) is 2.69. The Kier molecular flexibility index (Phi) is 3.80. The summed E-state index contributed by atoms with van der Waals surface area (Å²) in [5.41, 5.74) is 10.9. The number of rotatable bonds is 5. The Morgan fingerprint density at radius 1 is 1.39 bits per heavy atom. The largest absolute Gasteiger partial charge is 0.478 e. The Hall–Kier alpha value is -2.24. The highest BCUT2D eigenvalue weighted by molar-refractivity contribution is 5.94. The first-order valence-corrected chi connectivity index (χ1v) is 5.40. The van der Waals surface area contributed by atoms with E-state index in [9.17, 15) is 9.59 Å². The first-order chi connectivity index (χ1) is 8.24. The lowest BCUT2D eigenvalue weighted by Crippen LogP contribution is -2.37. The topological polar surface area (TPSA) is 118 Å². The number of amides is 1. The number of benzene rings is 1. The van der Waals surface area contributed by atoms with Crippen molar-refractivity contribution in [2.75, 3.05) is 17.6 Å². The summed E-state index contributed by atoms with van der Waals surface area (Å²) < 4.78 is 0. The third kappa shape index (κ3) is 3.13. The van der Waals surface area contributed by atoms with Gasteiger partial charge in [0.2, 0.25) is 5.91 Å². The van der Waals surface area contributed by atoms with Crippen molar-refractivity contribution in [1.82, 2.24) is 0 Å². The van der Waals surface area contributed by atoms with Gasteiger partial charge in [0, 0.05) is 17.9 Å². The fraction of sp³-hybridized carbons (Fsp3) is 0.333. The minimum atomic E-state index is -1.09. The summed E-state index contributed by atoms with van der Waals surface area (Å²) in [6, 6.07) is 4.58. The van der Waals surface area contributed by atoms with Crippen LogP contribution in [0.5, 0.6) is 0 Å². The van der Waals surface area contributed by atoms with E-state index in [0.717, 1.165) is 0 Å². The molecule has 0 spiro atoms. The molecular weight excluding hydrogens is 234 g/mol. The molecule has 0 saturated heterocycles. The summed E-state index contributed by atoms with van der Waals surface area (Å²) >= 11 is 0. The zero-order valence-electron chi connectivity index (χ0n) is 10.4. The molecule has 0 aliphatic carbocycles. The highest BCUT2D eigenvalue weighted by atomic mass is 16.4. The molecule has 0 atom stereocenters. The van der Waals surface area contributed by atoms with Crippen molar-refractivity contribution < 1.29 is 14.7 Å². The van der Waals surface area contributed by atoms with E-state index in [2.05, 4.69) is 5.32 Å². The molecular formula is C12H17N3O3. The van der Waals surface area contributed by atoms with E-state index in [-0.39, 0.29) is 11.3 Å². The molecule has 6 N–H and O–H groups in total. The van der Waals surface area contributed by atoms with E-state index in [1.807, 2.05) is 0 Å². The van der Waals surface area contributed by atoms with Crippen molar-refractivity contribution in [3.05, 3.63) is 23.8 Å². The first-order valence-electron chi connectivity index (χ1n) is 5.40. The summed E-state index contributed by atoms with van der Waals surface area (Å²) in [6.45, 7) is 3.72. The summed E-state index contributed by atoms with van der Waals surface area (Å²) in [6.07, 6.45) is 0. The van der Waals surface area contributed by atoms with E-state index in [4.69, 9.17) is 16.6 Å². The van der Waals surface area contributed by atoms with E-state index in [1.54, 1.807) is 19.9 Å². The number of nitrogen functional groups attached to an aromatic ring is 1. The number of carboxylic acids is 1. The maximum Gasteiger partial charge on any atom is 0.337 e. The van der Waals surface area contributed by atoms with E-state index >= 15 is 0 Å². The summed E-state index contributed by atoms with van der Waals surface area (Å²) in [7, 11) is 0. The number of carboxylic acid groups (broad SMARTS) is 1. The van der Waals surface area contributed by atoms with Crippen LogP contribution in [0.4, 0.5) is 11.4 Å². The van der Waals surface area contributed by atoms with Gasteiger partial charge < -0.3 is 21.9 Å². The molecule has 0 unspecified atom stereocenters. The second-order valence-electron chi connectivity index (χ2n) is 4.71. The Morgan fingerprint density at radius 3 is 2.50 bits per heavy atom. The number of aromatic carboxylic acids is 1. The van der Waals surface area contributed by atoms with E-state index < -0.39 is 17.3 Å². The monoisotopic (exact) mass is 251 g/mol. The number of hydrogen-bond acceptors (Lipinski definition) is 4. The molecule has 1 rings (SSSR count). The second kappa shape index (κ2) is 4.95. The maximum absolute atomic E-state index is 11.1. The van der Waals surface area contributed by atoms with Gasteiger partial charge in [-0.15, -0.1) is 0 Å². The van der Waals surface area contributed by atoms with Crippen molar-refractivity contribution in [1.29, 1.82) is 0 Å². The zero-order chi connectivity index (χ0) is 13.9. The van der Waals surface area contributed by atoms with E-state index in [1.165, 1.54) is 12.1 Å². The predicted molar refractivity (Wildman–Crippen MR) is 69.3 cm³/mol. The van der Waals surface area contributed by atoms with Crippen LogP contribution in [0.1, 0.15) is 24.2 Å². The van der Waals surface area contributed by atoms with Gasteiger partial charge in [-0.3, -0.25) is 4.79 Å². The van der Waals surface area contributed by atoms with Crippen molar-refractivity contribution in [2.45, 2.75) is 13.8 Å². The molecule has 0 fully saturated rings. The molecule has 6 heteroatoms. The molecule has 0 heterocycles. The quantitative estimate of drug-likeness (QED) is 0.579. The van der Waals surface area contributed by atoms with Crippen LogP contribution in [-0.4, -0.2) is 23.5 Å². The van der Waals surface area contributed by atoms with Crippen LogP contribution < -0.4 is 16.8 Å². The SMILES string of the molecule is CC(C)(CNc1ccc(N)c(C(=O)O)c1)C(N)=O. The van der Waals surface area contributed by atoms with Gasteiger partial charge >= 0.3 is 5.97 Å². The first kappa shape index (κ1) is 13.8. The number of primary amides is 1. The average Bonchev–Trinajstić information content (AvgIpc) is 2.27. The van der Waals surface area contributed by atoms with Gasteiger partial charge in [0.05, 0.1) is 11.0 Å². The van der Waals surface area contributed by atoms with Crippen LogP contribution in [0.25, 0.3) is 0 Å². The molecule has 0 aliphatic heterocycles.